The Kier molecular flexibility index (Phi) is 7.09. The fourth-order valence-corrected chi connectivity index (χ4v) is 4.90. The molecule has 1 aliphatic heterocycles. The largest absolute Gasteiger partial charge is 0.352 e. The predicted molar refractivity (Wildman–Crippen MR) is 134 cm³/mol. The van der Waals surface area contributed by atoms with E-state index in [2.05, 4.69) is 77.3 Å². The van der Waals surface area contributed by atoms with Gasteiger partial charge in [-0.25, -0.2) is 0 Å². The molecule has 5 nitrogen and oxygen atoms in total. The third-order valence-electron chi connectivity index (χ3n) is 6.88. The van der Waals surface area contributed by atoms with Gasteiger partial charge in [-0.3, -0.25) is 14.4 Å². The number of amides is 1. The van der Waals surface area contributed by atoms with Crippen LogP contribution in [-0.4, -0.2) is 40.2 Å². The van der Waals surface area contributed by atoms with Crippen molar-refractivity contribution in [1.29, 1.82) is 0 Å². The number of hydrogen-bond donors (Lipinski definition) is 1. The van der Waals surface area contributed by atoms with Gasteiger partial charge in [0, 0.05) is 37.9 Å². The van der Waals surface area contributed by atoms with E-state index in [1.165, 1.54) is 27.9 Å². The van der Waals surface area contributed by atoms with Crippen LogP contribution in [0.3, 0.4) is 0 Å². The molecular formula is C28H34N4O. The number of aryl methyl sites for hydroxylation is 1. The molecule has 1 unspecified atom stereocenters. The van der Waals surface area contributed by atoms with Crippen molar-refractivity contribution in [2.45, 2.75) is 32.7 Å². The number of nitrogens with zero attached hydrogens (tertiary/aromatic N) is 3. The van der Waals surface area contributed by atoms with Crippen LogP contribution in [0.15, 0.2) is 73.4 Å². The van der Waals surface area contributed by atoms with E-state index >= 15 is 0 Å². The highest BCUT2D eigenvalue weighted by Crippen LogP contribution is 2.35. The Bertz CT molecular complexity index is 1090. The Labute approximate surface area is 197 Å². The zero-order chi connectivity index (χ0) is 23.3. The van der Waals surface area contributed by atoms with Gasteiger partial charge in [-0.2, -0.15) is 5.10 Å². The zero-order valence-corrected chi connectivity index (χ0v) is 19.8. The molecule has 2 aromatic carbocycles. The second-order valence-electron chi connectivity index (χ2n) is 9.21. The number of benzene rings is 2. The van der Waals surface area contributed by atoms with Crippen LogP contribution in [0.25, 0.3) is 11.1 Å². The molecule has 33 heavy (non-hydrogen) atoms. The summed E-state index contributed by atoms with van der Waals surface area (Å²) < 4.78 is 1.91. The summed E-state index contributed by atoms with van der Waals surface area (Å²) in [6.45, 7) is 8.93. The smallest absolute Gasteiger partial charge is 0.228 e. The maximum atomic E-state index is 13.4. The number of rotatable bonds is 8. The molecule has 4 rings (SSSR count). The molecular weight excluding hydrogens is 408 g/mol. The van der Waals surface area contributed by atoms with E-state index in [0.29, 0.717) is 6.54 Å². The first-order chi connectivity index (χ1) is 16.0. The van der Waals surface area contributed by atoms with Crippen LogP contribution in [0.1, 0.15) is 29.7 Å². The standard InChI is InChI=1S/C28H34N4O/c1-4-16-29-27(33)28(15-8-17-32(21-28)20-26-19-30-31(3)22(26)2)18-23-11-13-25(14-12-23)24-9-6-5-7-10-24/h4-7,9-14,19H,1,8,15-18,20-21H2,2-3H3,(H,29,33). The number of carbonyl (C=O) groups is 1. The fraction of sp³-hybridized carbons (Fsp3) is 0.357. The van der Waals surface area contributed by atoms with Crippen LogP contribution in [0.4, 0.5) is 0 Å². The molecule has 1 atom stereocenters. The summed E-state index contributed by atoms with van der Waals surface area (Å²) in [5.74, 6) is 0.127. The van der Waals surface area contributed by atoms with Crippen molar-refractivity contribution in [2.75, 3.05) is 19.6 Å². The molecule has 2 heterocycles. The van der Waals surface area contributed by atoms with E-state index in [0.717, 1.165) is 38.9 Å². The quantitative estimate of drug-likeness (QED) is 0.522. The summed E-state index contributed by atoms with van der Waals surface area (Å²) in [4.78, 5) is 15.9. The van der Waals surface area contributed by atoms with Gasteiger partial charge in [0.15, 0.2) is 0 Å². The number of nitrogens with one attached hydrogen (secondary N) is 1. The monoisotopic (exact) mass is 442 g/mol. The SMILES string of the molecule is C=CCNC(=O)C1(Cc2ccc(-c3ccccc3)cc2)CCCN(Cc2cnn(C)c2C)C1. The molecule has 3 aromatic rings. The normalized spacial score (nSPS) is 18.7. The minimum absolute atomic E-state index is 0.127. The highest BCUT2D eigenvalue weighted by Gasteiger charge is 2.42. The number of likely N-dealkylation sites (tertiary alicyclic amines) is 1. The van der Waals surface area contributed by atoms with Crippen molar-refractivity contribution in [3.63, 3.8) is 0 Å². The molecule has 0 spiro atoms. The minimum atomic E-state index is -0.453. The Balaban J connectivity index is 1.55. The summed E-state index contributed by atoms with van der Waals surface area (Å²) in [5.41, 5.74) is 5.56. The molecule has 1 aromatic heterocycles. The topological polar surface area (TPSA) is 50.2 Å². The van der Waals surface area contributed by atoms with Gasteiger partial charge in [0.25, 0.3) is 0 Å². The molecule has 1 fully saturated rings. The Hall–Kier alpha value is -3.18. The second-order valence-corrected chi connectivity index (χ2v) is 9.21. The van der Waals surface area contributed by atoms with E-state index in [4.69, 9.17) is 0 Å². The highest BCUT2D eigenvalue weighted by atomic mass is 16.2. The van der Waals surface area contributed by atoms with Crippen molar-refractivity contribution in [3.8, 4) is 11.1 Å². The van der Waals surface area contributed by atoms with Gasteiger partial charge < -0.3 is 5.32 Å². The van der Waals surface area contributed by atoms with Crippen molar-refractivity contribution in [3.05, 3.63) is 90.3 Å². The maximum absolute atomic E-state index is 13.4. The van der Waals surface area contributed by atoms with E-state index in [1.807, 2.05) is 24.0 Å². The Morgan fingerprint density at radius 3 is 2.55 bits per heavy atom. The third-order valence-corrected chi connectivity index (χ3v) is 6.88. The maximum Gasteiger partial charge on any atom is 0.228 e. The summed E-state index contributed by atoms with van der Waals surface area (Å²) in [6, 6.07) is 19.1. The predicted octanol–water partition coefficient (Wildman–Crippen LogP) is 4.52. The number of piperidine rings is 1. The molecule has 1 aliphatic rings. The van der Waals surface area contributed by atoms with Crippen molar-refractivity contribution < 1.29 is 4.79 Å². The fourth-order valence-electron chi connectivity index (χ4n) is 4.90. The molecule has 5 heteroatoms. The zero-order valence-electron chi connectivity index (χ0n) is 19.8. The highest BCUT2D eigenvalue weighted by molar-refractivity contribution is 5.83. The molecule has 0 saturated carbocycles. The van der Waals surface area contributed by atoms with Crippen LogP contribution in [-0.2, 0) is 24.8 Å². The number of carbonyl (C=O) groups excluding carboxylic acids is 1. The van der Waals surface area contributed by atoms with E-state index in [9.17, 15) is 4.79 Å². The average molecular weight is 443 g/mol. The lowest BCUT2D eigenvalue weighted by Crippen LogP contribution is -2.53. The number of aromatic nitrogens is 2. The van der Waals surface area contributed by atoms with Gasteiger partial charge in [0.05, 0.1) is 11.6 Å². The van der Waals surface area contributed by atoms with E-state index < -0.39 is 5.41 Å². The Morgan fingerprint density at radius 2 is 1.88 bits per heavy atom. The van der Waals surface area contributed by atoms with Gasteiger partial charge in [-0.15, -0.1) is 6.58 Å². The van der Waals surface area contributed by atoms with E-state index in [1.54, 1.807) is 6.08 Å². The summed E-state index contributed by atoms with van der Waals surface area (Å²) in [5, 5.41) is 7.49. The first-order valence-electron chi connectivity index (χ1n) is 11.7. The van der Waals surface area contributed by atoms with E-state index in [-0.39, 0.29) is 5.91 Å². The summed E-state index contributed by atoms with van der Waals surface area (Å²) in [7, 11) is 1.97. The van der Waals surface area contributed by atoms with Crippen LogP contribution < -0.4 is 5.32 Å². The molecule has 0 radical (unpaired) electrons. The first-order valence-corrected chi connectivity index (χ1v) is 11.7. The summed E-state index contributed by atoms with van der Waals surface area (Å²) >= 11 is 0. The van der Waals surface area contributed by atoms with Gasteiger partial charge in [-0.05, 0) is 49.4 Å². The summed E-state index contributed by atoms with van der Waals surface area (Å²) in [6.07, 6.45) is 6.32. The van der Waals surface area contributed by atoms with Crippen LogP contribution in [0.5, 0.6) is 0 Å². The minimum Gasteiger partial charge on any atom is -0.352 e. The first kappa shape index (κ1) is 23.0. The lowest BCUT2D eigenvalue weighted by atomic mass is 9.74. The molecule has 0 bridgehead atoms. The molecule has 0 aliphatic carbocycles. The van der Waals surface area contributed by atoms with Crippen LogP contribution in [0, 0.1) is 12.3 Å². The Morgan fingerprint density at radius 1 is 1.15 bits per heavy atom. The lowest BCUT2D eigenvalue weighted by molar-refractivity contribution is -0.134. The molecule has 1 saturated heterocycles. The second kappa shape index (κ2) is 10.2. The van der Waals surface area contributed by atoms with Gasteiger partial charge in [-0.1, -0.05) is 60.7 Å². The molecule has 1 amide bonds. The van der Waals surface area contributed by atoms with Gasteiger partial charge >= 0.3 is 0 Å². The number of hydrogen-bond acceptors (Lipinski definition) is 3. The lowest BCUT2D eigenvalue weighted by Gasteiger charge is -2.42. The van der Waals surface area contributed by atoms with Crippen molar-refractivity contribution in [2.24, 2.45) is 12.5 Å². The van der Waals surface area contributed by atoms with Crippen LogP contribution >= 0.6 is 0 Å². The average Bonchev–Trinajstić information content (AvgIpc) is 3.16. The van der Waals surface area contributed by atoms with Crippen LogP contribution in [0.2, 0.25) is 0 Å². The molecule has 172 valence electrons. The van der Waals surface area contributed by atoms with Crippen molar-refractivity contribution in [1.82, 2.24) is 20.0 Å². The van der Waals surface area contributed by atoms with Crippen molar-refractivity contribution >= 4 is 5.91 Å². The third kappa shape index (κ3) is 5.25. The molecule has 1 N–H and O–H groups in total. The van der Waals surface area contributed by atoms with Gasteiger partial charge in [0.1, 0.15) is 0 Å². The van der Waals surface area contributed by atoms with Gasteiger partial charge in [0.2, 0.25) is 5.91 Å².